The smallest absolute Gasteiger partial charge is 0.407 e. The van der Waals surface area contributed by atoms with Crippen LogP contribution in [0.3, 0.4) is 0 Å². The molecule has 2 atom stereocenters. The van der Waals surface area contributed by atoms with Crippen LogP contribution in [0.5, 0.6) is 0 Å². The Morgan fingerprint density at radius 1 is 1.50 bits per heavy atom. The number of carboxylic acids is 1. The van der Waals surface area contributed by atoms with Crippen LogP contribution in [-0.4, -0.2) is 30.3 Å². The van der Waals surface area contributed by atoms with Crippen LogP contribution in [0.15, 0.2) is 0 Å². The first-order chi connectivity index (χ1) is 5.65. The van der Waals surface area contributed by atoms with Crippen molar-refractivity contribution in [3.05, 3.63) is 0 Å². The monoisotopic (exact) mass is 173 g/mol. The summed E-state index contributed by atoms with van der Waals surface area (Å²) in [6, 6.07) is -0.255. The maximum atomic E-state index is 10.7. The predicted molar refractivity (Wildman–Crippen MR) is 39.7 cm³/mol. The minimum absolute atomic E-state index is 0.255. The fourth-order valence-electron chi connectivity index (χ4n) is 1.18. The third-order valence-electron chi connectivity index (χ3n) is 2.08. The highest BCUT2D eigenvalue weighted by Gasteiger charge is 2.37. The summed E-state index contributed by atoms with van der Waals surface area (Å²) < 4.78 is 4.34. The van der Waals surface area contributed by atoms with Gasteiger partial charge in [0.2, 0.25) is 0 Å². The van der Waals surface area contributed by atoms with Crippen molar-refractivity contribution < 1.29 is 19.4 Å². The zero-order chi connectivity index (χ0) is 9.14. The van der Waals surface area contributed by atoms with Gasteiger partial charge in [0.15, 0.2) is 0 Å². The number of nitrogens with one attached hydrogen (secondary N) is 1. The van der Waals surface area contributed by atoms with Gasteiger partial charge in [-0.3, -0.25) is 4.79 Å². The standard InChI is InChI=1S/C7H11NO4/c1-12-7(11)8-5-3-2-4(5)6(9)10/h4-5H,2-3H2,1H3,(H,8,11)(H,9,10)/t4-,5-/m1/s1. The van der Waals surface area contributed by atoms with Gasteiger partial charge >= 0.3 is 12.1 Å². The van der Waals surface area contributed by atoms with Gasteiger partial charge in [-0.25, -0.2) is 4.79 Å². The van der Waals surface area contributed by atoms with Gasteiger partial charge in [0, 0.05) is 6.04 Å². The quantitative estimate of drug-likeness (QED) is 0.625. The second-order valence-electron chi connectivity index (χ2n) is 2.76. The Morgan fingerprint density at radius 3 is 2.50 bits per heavy atom. The van der Waals surface area contributed by atoms with Crippen molar-refractivity contribution in [2.45, 2.75) is 18.9 Å². The molecule has 1 aliphatic rings. The molecule has 1 saturated carbocycles. The molecule has 5 heteroatoms. The molecule has 0 aromatic carbocycles. The topological polar surface area (TPSA) is 75.6 Å². The lowest BCUT2D eigenvalue weighted by Gasteiger charge is -2.33. The van der Waals surface area contributed by atoms with Crippen LogP contribution in [0.2, 0.25) is 0 Å². The molecule has 0 heterocycles. The largest absolute Gasteiger partial charge is 0.481 e. The number of hydrogen-bond donors (Lipinski definition) is 2. The number of rotatable bonds is 2. The summed E-state index contributed by atoms with van der Waals surface area (Å²) in [5.74, 6) is -1.30. The molecule has 68 valence electrons. The zero-order valence-electron chi connectivity index (χ0n) is 6.74. The summed E-state index contributed by atoms with van der Waals surface area (Å²) in [4.78, 5) is 21.1. The Balaban J connectivity index is 2.34. The van der Waals surface area contributed by atoms with E-state index in [9.17, 15) is 9.59 Å². The average Bonchev–Trinajstić information content (AvgIpc) is 1.96. The summed E-state index contributed by atoms with van der Waals surface area (Å²) in [6.07, 6.45) is 0.779. The van der Waals surface area contributed by atoms with Gasteiger partial charge in [0.05, 0.1) is 13.0 Å². The van der Waals surface area contributed by atoms with Crippen LogP contribution in [-0.2, 0) is 9.53 Å². The normalized spacial score (nSPS) is 27.1. The average molecular weight is 173 g/mol. The maximum Gasteiger partial charge on any atom is 0.407 e. The Hall–Kier alpha value is -1.26. The van der Waals surface area contributed by atoms with Crippen LogP contribution in [0.4, 0.5) is 4.79 Å². The molecule has 0 bridgehead atoms. The maximum absolute atomic E-state index is 10.7. The molecule has 5 nitrogen and oxygen atoms in total. The summed E-state index contributed by atoms with van der Waals surface area (Å²) in [5.41, 5.74) is 0. The lowest BCUT2D eigenvalue weighted by Crippen LogP contribution is -2.49. The van der Waals surface area contributed by atoms with Crippen molar-refractivity contribution in [2.75, 3.05) is 7.11 Å². The molecule has 0 spiro atoms. The van der Waals surface area contributed by atoms with E-state index in [4.69, 9.17) is 5.11 Å². The number of aliphatic carboxylic acids is 1. The third-order valence-corrected chi connectivity index (χ3v) is 2.08. The lowest BCUT2D eigenvalue weighted by atomic mass is 9.80. The molecule has 1 amide bonds. The van der Waals surface area contributed by atoms with E-state index in [1.807, 2.05) is 0 Å². The number of alkyl carbamates (subject to hydrolysis) is 1. The van der Waals surface area contributed by atoms with E-state index < -0.39 is 18.0 Å². The molecule has 0 aromatic rings. The third kappa shape index (κ3) is 1.66. The molecule has 1 fully saturated rings. The molecule has 0 aliphatic heterocycles. The molecular weight excluding hydrogens is 162 g/mol. The Kier molecular flexibility index (Phi) is 2.52. The molecule has 0 radical (unpaired) electrons. The second-order valence-corrected chi connectivity index (χ2v) is 2.76. The van der Waals surface area contributed by atoms with Gasteiger partial charge in [-0.1, -0.05) is 0 Å². The number of methoxy groups -OCH3 is 1. The number of carbonyl (C=O) groups is 2. The van der Waals surface area contributed by atoms with E-state index in [1.165, 1.54) is 7.11 Å². The van der Waals surface area contributed by atoms with Crippen LogP contribution in [0.25, 0.3) is 0 Å². The number of carboxylic acid groups (broad SMARTS) is 1. The molecule has 1 rings (SSSR count). The van der Waals surface area contributed by atoms with Gasteiger partial charge in [-0.05, 0) is 12.8 Å². The van der Waals surface area contributed by atoms with Gasteiger partial charge < -0.3 is 15.2 Å². The number of carbonyl (C=O) groups excluding carboxylic acids is 1. The molecular formula is C7H11NO4. The van der Waals surface area contributed by atoms with E-state index in [2.05, 4.69) is 10.1 Å². The van der Waals surface area contributed by atoms with Crippen LogP contribution in [0.1, 0.15) is 12.8 Å². The second kappa shape index (κ2) is 3.42. The van der Waals surface area contributed by atoms with Crippen LogP contribution in [0, 0.1) is 5.92 Å². The Bertz CT molecular complexity index is 204. The molecule has 1 aliphatic carbocycles. The highest BCUT2D eigenvalue weighted by molar-refractivity contribution is 5.74. The Morgan fingerprint density at radius 2 is 2.17 bits per heavy atom. The van der Waals surface area contributed by atoms with E-state index >= 15 is 0 Å². The van der Waals surface area contributed by atoms with Gasteiger partial charge in [0.25, 0.3) is 0 Å². The van der Waals surface area contributed by atoms with Crippen molar-refractivity contribution in [1.82, 2.24) is 5.32 Å². The molecule has 0 saturated heterocycles. The van der Waals surface area contributed by atoms with Gasteiger partial charge in [-0.15, -0.1) is 0 Å². The number of hydrogen-bond acceptors (Lipinski definition) is 3. The first-order valence-electron chi connectivity index (χ1n) is 3.72. The van der Waals surface area contributed by atoms with Gasteiger partial charge in [-0.2, -0.15) is 0 Å². The number of ether oxygens (including phenoxy) is 1. The zero-order valence-corrected chi connectivity index (χ0v) is 6.74. The fourth-order valence-corrected chi connectivity index (χ4v) is 1.18. The van der Waals surface area contributed by atoms with Gasteiger partial charge in [0.1, 0.15) is 0 Å². The summed E-state index contributed by atoms with van der Waals surface area (Å²) in [7, 11) is 1.25. The van der Waals surface area contributed by atoms with Crippen LogP contribution >= 0.6 is 0 Å². The summed E-state index contributed by atoms with van der Waals surface area (Å²) in [6.45, 7) is 0. The highest BCUT2D eigenvalue weighted by atomic mass is 16.5. The SMILES string of the molecule is COC(=O)N[C@@H]1CC[C@H]1C(=O)O. The first kappa shape index (κ1) is 8.83. The minimum Gasteiger partial charge on any atom is -0.481 e. The molecule has 0 unspecified atom stereocenters. The van der Waals surface area contributed by atoms with Crippen molar-refractivity contribution in [1.29, 1.82) is 0 Å². The van der Waals surface area contributed by atoms with E-state index in [1.54, 1.807) is 0 Å². The Labute approximate surface area is 69.7 Å². The van der Waals surface area contributed by atoms with Crippen molar-refractivity contribution in [3.63, 3.8) is 0 Å². The highest BCUT2D eigenvalue weighted by Crippen LogP contribution is 2.27. The predicted octanol–water partition coefficient (Wildman–Crippen LogP) is 0.206. The van der Waals surface area contributed by atoms with Crippen molar-refractivity contribution in [3.8, 4) is 0 Å². The molecule has 12 heavy (non-hydrogen) atoms. The fraction of sp³-hybridized carbons (Fsp3) is 0.714. The van der Waals surface area contributed by atoms with E-state index in [0.717, 1.165) is 0 Å². The summed E-state index contributed by atoms with van der Waals surface area (Å²) >= 11 is 0. The molecule has 0 aromatic heterocycles. The van der Waals surface area contributed by atoms with E-state index in [0.29, 0.717) is 12.8 Å². The summed E-state index contributed by atoms with van der Waals surface area (Å²) in [5, 5.41) is 11.1. The van der Waals surface area contributed by atoms with Crippen LogP contribution < -0.4 is 5.32 Å². The van der Waals surface area contributed by atoms with E-state index in [-0.39, 0.29) is 6.04 Å². The van der Waals surface area contributed by atoms with Crippen molar-refractivity contribution in [2.24, 2.45) is 5.92 Å². The number of amides is 1. The van der Waals surface area contributed by atoms with Crippen molar-refractivity contribution >= 4 is 12.1 Å². The first-order valence-corrected chi connectivity index (χ1v) is 3.72. The minimum atomic E-state index is -0.859. The molecule has 2 N–H and O–H groups in total. The lowest BCUT2D eigenvalue weighted by molar-refractivity contribution is -0.145.